The molecule has 0 bridgehead atoms. The lowest BCUT2D eigenvalue weighted by Crippen LogP contribution is -2.38. The first-order valence-corrected chi connectivity index (χ1v) is 11.8. The lowest BCUT2D eigenvalue weighted by atomic mass is 10.1. The molecule has 0 saturated carbocycles. The fraction of sp³-hybridized carbons (Fsp3) is 0.333. The van der Waals surface area contributed by atoms with E-state index in [0.29, 0.717) is 22.7 Å². The average Bonchev–Trinajstić information content (AvgIpc) is 3.32. The number of hydrogen-bond acceptors (Lipinski definition) is 7. The number of nitrogens with zero attached hydrogens (tertiary/aromatic N) is 2. The first-order chi connectivity index (χ1) is 17.2. The molecule has 0 radical (unpaired) electrons. The van der Waals surface area contributed by atoms with Crippen molar-refractivity contribution in [3.63, 3.8) is 0 Å². The normalized spacial score (nSPS) is 13.6. The van der Waals surface area contributed by atoms with Crippen molar-refractivity contribution in [2.24, 2.45) is 0 Å². The summed E-state index contributed by atoms with van der Waals surface area (Å²) in [6.07, 6.45) is 2.05. The number of benzene rings is 2. The molecule has 0 saturated heterocycles. The summed E-state index contributed by atoms with van der Waals surface area (Å²) in [5.74, 6) is 0.376. The smallest absolute Gasteiger partial charge is 0.273 e. The number of carbonyl (C=O) groups is 3. The molecule has 1 atom stereocenters. The van der Waals surface area contributed by atoms with E-state index in [-0.39, 0.29) is 55.0 Å². The van der Waals surface area contributed by atoms with Crippen LogP contribution in [0.1, 0.15) is 58.1 Å². The number of ether oxygens (including phenoxy) is 2. The van der Waals surface area contributed by atoms with E-state index in [4.69, 9.17) is 13.9 Å². The number of amides is 2. The summed E-state index contributed by atoms with van der Waals surface area (Å²) >= 11 is 0. The molecule has 1 unspecified atom stereocenters. The van der Waals surface area contributed by atoms with Crippen LogP contribution in [0.5, 0.6) is 11.5 Å². The van der Waals surface area contributed by atoms with Crippen LogP contribution in [-0.2, 0) is 11.3 Å². The van der Waals surface area contributed by atoms with Crippen molar-refractivity contribution in [2.75, 3.05) is 18.1 Å². The third-order valence-electron chi connectivity index (χ3n) is 5.86. The Labute approximate surface area is 209 Å². The molecule has 4 rings (SSSR count). The summed E-state index contributed by atoms with van der Waals surface area (Å²) < 4.78 is 16.7. The Morgan fingerprint density at radius 2 is 1.92 bits per heavy atom. The highest BCUT2D eigenvalue weighted by atomic mass is 16.5. The van der Waals surface area contributed by atoms with Crippen molar-refractivity contribution in [2.45, 2.75) is 46.7 Å². The van der Waals surface area contributed by atoms with E-state index in [1.807, 2.05) is 45.9 Å². The third-order valence-corrected chi connectivity index (χ3v) is 5.86. The molecule has 0 aliphatic carbocycles. The molecule has 36 heavy (non-hydrogen) atoms. The minimum absolute atomic E-state index is 0.000207. The fourth-order valence-electron chi connectivity index (χ4n) is 3.82. The Balaban J connectivity index is 1.49. The molecule has 0 fully saturated rings. The second kappa shape index (κ2) is 10.6. The van der Waals surface area contributed by atoms with E-state index in [2.05, 4.69) is 10.3 Å². The zero-order valence-electron chi connectivity index (χ0n) is 20.8. The molecule has 188 valence electrons. The molecule has 2 heterocycles. The van der Waals surface area contributed by atoms with Crippen LogP contribution in [0.3, 0.4) is 0 Å². The van der Waals surface area contributed by atoms with Crippen LogP contribution in [0.25, 0.3) is 0 Å². The van der Waals surface area contributed by atoms with Gasteiger partial charge in [0.1, 0.15) is 24.3 Å². The van der Waals surface area contributed by atoms with Gasteiger partial charge in [0.05, 0.1) is 5.69 Å². The van der Waals surface area contributed by atoms with Gasteiger partial charge in [-0.15, -0.1) is 0 Å². The Morgan fingerprint density at radius 3 is 2.64 bits per heavy atom. The molecule has 1 aromatic heterocycles. The summed E-state index contributed by atoms with van der Waals surface area (Å²) in [4.78, 5) is 43.5. The van der Waals surface area contributed by atoms with Gasteiger partial charge in [-0.1, -0.05) is 13.0 Å². The van der Waals surface area contributed by atoms with Crippen molar-refractivity contribution in [1.29, 1.82) is 0 Å². The Morgan fingerprint density at radius 1 is 1.17 bits per heavy atom. The second-order valence-corrected chi connectivity index (χ2v) is 8.90. The Kier molecular flexibility index (Phi) is 7.38. The average molecular weight is 492 g/mol. The van der Waals surface area contributed by atoms with Gasteiger partial charge in [0, 0.05) is 11.6 Å². The monoisotopic (exact) mass is 491 g/mol. The molecule has 1 N–H and O–H groups in total. The van der Waals surface area contributed by atoms with Crippen molar-refractivity contribution >= 4 is 23.3 Å². The van der Waals surface area contributed by atoms with Gasteiger partial charge in [-0.05, 0) is 68.7 Å². The number of nitrogens with one attached hydrogen (secondary N) is 1. The maximum Gasteiger partial charge on any atom is 0.273 e. The number of Topliss-reactive ketones (excluding diaryl/α,β-unsaturated/α-hetero) is 1. The summed E-state index contributed by atoms with van der Waals surface area (Å²) in [5, 5.41) is 2.83. The largest absolute Gasteiger partial charge is 0.485 e. The molecule has 9 heteroatoms. The van der Waals surface area contributed by atoms with E-state index in [9.17, 15) is 14.4 Å². The van der Waals surface area contributed by atoms with Crippen LogP contribution in [-0.4, -0.2) is 41.8 Å². The lowest BCUT2D eigenvalue weighted by Gasteiger charge is -2.28. The highest BCUT2D eigenvalue weighted by molar-refractivity contribution is 6.02. The molecule has 2 amide bonds. The molecule has 0 spiro atoms. The number of aryl methyl sites for hydroxylation is 2. The number of rotatable bonds is 9. The third kappa shape index (κ3) is 5.73. The van der Waals surface area contributed by atoms with Crippen LogP contribution in [0.15, 0.2) is 47.1 Å². The minimum Gasteiger partial charge on any atom is -0.485 e. The van der Waals surface area contributed by atoms with Gasteiger partial charge in [-0.2, -0.15) is 0 Å². The summed E-state index contributed by atoms with van der Waals surface area (Å²) in [7, 11) is 0. The van der Waals surface area contributed by atoms with E-state index in [0.717, 1.165) is 17.5 Å². The van der Waals surface area contributed by atoms with Crippen LogP contribution in [0.4, 0.5) is 5.69 Å². The van der Waals surface area contributed by atoms with Gasteiger partial charge in [0.2, 0.25) is 5.89 Å². The number of carbonyl (C=O) groups excluding carboxylic acids is 3. The molecular formula is C27H29N3O6. The number of hydrogen-bond donors (Lipinski definition) is 1. The first-order valence-electron chi connectivity index (χ1n) is 11.8. The standard InChI is InChI=1S/C27H29N3O6/c1-5-18(4)28-27(33)21-13-36-25(29-21)12-30-22-11-19(6-7-24(22)35-15-26(30)32)23(31)14-34-20-9-16(2)8-17(3)10-20/h6-11,13,18H,5,12,14-15H2,1-4H3,(H,28,33). The van der Waals surface area contributed by atoms with E-state index >= 15 is 0 Å². The van der Waals surface area contributed by atoms with Crippen LogP contribution in [0, 0.1) is 13.8 Å². The topological polar surface area (TPSA) is 111 Å². The maximum absolute atomic E-state index is 12.9. The Bertz CT molecular complexity index is 1280. The minimum atomic E-state index is -0.343. The van der Waals surface area contributed by atoms with Gasteiger partial charge in [-0.25, -0.2) is 4.98 Å². The molecule has 9 nitrogen and oxygen atoms in total. The number of ketones is 1. The lowest BCUT2D eigenvalue weighted by molar-refractivity contribution is -0.121. The van der Waals surface area contributed by atoms with Gasteiger partial charge in [-0.3, -0.25) is 19.3 Å². The molecular weight excluding hydrogens is 462 g/mol. The van der Waals surface area contributed by atoms with Crippen molar-refractivity contribution in [3.8, 4) is 11.5 Å². The fourth-order valence-corrected chi connectivity index (χ4v) is 3.82. The van der Waals surface area contributed by atoms with Gasteiger partial charge < -0.3 is 19.2 Å². The van der Waals surface area contributed by atoms with Crippen molar-refractivity contribution < 1.29 is 28.3 Å². The van der Waals surface area contributed by atoms with E-state index in [1.165, 1.54) is 11.2 Å². The summed E-state index contributed by atoms with van der Waals surface area (Å²) in [6.45, 7) is 7.48. The van der Waals surface area contributed by atoms with Crippen LogP contribution in [0.2, 0.25) is 0 Å². The highest BCUT2D eigenvalue weighted by Crippen LogP contribution is 2.34. The molecule has 1 aliphatic rings. The quantitative estimate of drug-likeness (QED) is 0.450. The van der Waals surface area contributed by atoms with E-state index in [1.54, 1.807) is 18.2 Å². The van der Waals surface area contributed by atoms with Gasteiger partial charge >= 0.3 is 0 Å². The first kappa shape index (κ1) is 25.0. The second-order valence-electron chi connectivity index (χ2n) is 8.90. The van der Waals surface area contributed by atoms with Gasteiger partial charge in [0.25, 0.3) is 11.8 Å². The zero-order valence-corrected chi connectivity index (χ0v) is 20.8. The number of aromatic nitrogens is 1. The number of anilines is 1. The molecule has 3 aromatic rings. The maximum atomic E-state index is 12.9. The van der Waals surface area contributed by atoms with Gasteiger partial charge in [0.15, 0.2) is 24.7 Å². The highest BCUT2D eigenvalue weighted by Gasteiger charge is 2.28. The molecule has 2 aromatic carbocycles. The van der Waals surface area contributed by atoms with E-state index < -0.39 is 0 Å². The SMILES string of the molecule is CCC(C)NC(=O)c1coc(CN2C(=O)COc3ccc(C(=O)COc4cc(C)cc(C)c4)cc32)n1. The summed E-state index contributed by atoms with van der Waals surface area (Å²) in [5.41, 5.74) is 3.03. The zero-order chi connectivity index (χ0) is 25.8. The molecule has 1 aliphatic heterocycles. The van der Waals surface area contributed by atoms with Crippen molar-refractivity contribution in [3.05, 3.63) is 70.9 Å². The van der Waals surface area contributed by atoms with Crippen molar-refractivity contribution in [1.82, 2.24) is 10.3 Å². The number of fused-ring (bicyclic) bond motifs is 1. The summed E-state index contributed by atoms with van der Waals surface area (Å²) in [6, 6.07) is 10.7. The predicted octanol–water partition coefficient (Wildman–Crippen LogP) is 4.01. The van der Waals surface area contributed by atoms with Crippen LogP contribution < -0.4 is 19.7 Å². The Hall–Kier alpha value is -4.14. The van der Waals surface area contributed by atoms with Crippen LogP contribution >= 0.6 is 0 Å². The predicted molar refractivity (Wildman–Crippen MR) is 133 cm³/mol. The number of oxazole rings is 1.